The Morgan fingerprint density at radius 1 is 1.35 bits per heavy atom. The van der Waals surface area contributed by atoms with Gasteiger partial charge < -0.3 is 10.0 Å². The summed E-state index contributed by atoms with van der Waals surface area (Å²) in [6, 6.07) is 6.72. The number of nitrogens with zero attached hydrogens (tertiary/aromatic N) is 1. The Kier molecular flexibility index (Phi) is 6.96. The molecule has 1 aromatic carbocycles. The molecule has 3 nitrogen and oxygen atoms in total. The average molecular weight is 302 g/mol. The Balaban J connectivity index is 0.00000200. The highest BCUT2D eigenvalue weighted by Crippen LogP contribution is 2.21. The van der Waals surface area contributed by atoms with Crippen LogP contribution >= 0.6 is 12.4 Å². The van der Waals surface area contributed by atoms with Crippen molar-refractivity contribution in [2.24, 2.45) is 5.92 Å². The zero-order valence-electron chi connectivity index (χ0n) is 11.4. The molecular weight excluding hydrogens is 281 g/mol. The van der Waals surface area contributed by atoms with Crippen LogP contribution in [0.1, 0.15) is 24.8 Å². The summed E-state index contributed by atoms with van der Waals surface area (Å²) in [5, 5.41) is 8.61. The first-order valence-corrected chi connectivity index (χ1v) is 6.82. The number of hydrogen-bond donors (Lipinski definition) is 1. The molecule has 1 heterocycles. The van der Waals surface area contributed by atoms with Gasteiger partial charge in [-0.15, -0.1) is 12.4 Å². The van der Waals surface area contributed by atoms with Crippen LogP contribution < -0.4 is 0 Å². The molecule has 1 saturated heterocycles. The number of halogens is 2. The Bertz CT molecular complexity index is 424. The van der Waals surface area contributed by atoms with Gasteiger partial charge in [-0.05, 0) is 56.0 Å². The molecule has 5 heteroatoms. The van der Waals surface area contributed by atoms with Crippen LogP contribution in [0.5, 0.6) is 0 Å². The zero-order valence-corrected chi connectivity index (χ0v) is 12.2. The van der Waals surface area contributed by atoms with Gasteiger partial charge in [-0.1, -0.05) is 12.1 Å². The molecule has 0 bridgehead atoms. The average Bonchev–Trinajstić information content (AvgIpc) is 2.79. The lowest BCUT2D eigenvalue weighted by molar-refractivity contribution is -0.137. The fourth-order valence-corrected chi connectivity index (χ4v) is 2.69. The molecule has 0 amide bonds. The van der Waals surface area contributed by atoms with Crippen molar-refractivity contribution in [3.05, 3.63) is 35.6 Å². The van der Waals surface area contributed by atoms with Crippen molar-refractivity contribution < 1.29 is 14.3 Å². The predicted molar refractivity (Wildman–Crippen MR) is 78.8 cm³/mol. The van der Waals surface area contributed by atoms with E-state index in [1.54, 1.807) is 0 Å². The van der Waals surface area contributed by atoms with Gasteiger partial charge in [0.1, 0.15) is 5.82 Å². The van der Waals surface area contributed by atoms with Crippen molar-refractivity contribution in [2.75, 3.05) is 19.6 Å². The molecule has 0 saturated carbocycles. The van der Waals surface area contributed by atoms with Crippen molar-refractivity contribution in [2.45, 2.75) is 25.7 Å². The van der Waals surface area contributed by atoms with E-state index in [9.17, 15) is 9.18 Å². The van der Waals surface area contributed by atoms with Gasteiger partial charge in [0.15, 0.2) is 0 Å². The largest absolute Gasteiger partial charge is 0.481 e. The van der Waals surface area contributed by atoms with Gasteiger partial charge in [0.05, 0.1) is 0 Å². The normalized spacial score (nSPS) is 18.8. The van der Waals surface area contributed by atoms with Crippen molar-refractivity contribution in [1.82, 2.24) is 4.90 Å². The van der Waals surface area contributed by atoms with Gasteiger partial charge in [-0.3, -0.25) is 4.79 Å². The van der Waals surface area contributed by atoms with Gasteiger partial charge in [0, 0.05) is 13.0 Å². The Labute approximate surface area is 125 Å². The highest BCUT2D eigenvalue weighted by Gasteiger charge is 2.22. The second-order valence-corrected chi connectivity index (χ2v) is 5.28. The first-order valence-electron chi connectivity index (χ1n) is 6.82. The minimum absolute atomic E-state index is 0. The van der Waals surface area contributed by atoms with Crippen molar-refractivity contribution in [3.8, 4) is 0 Å². The molecule has 0 aromatic heterocycles. The number of hydrogen-bond acceptors (Lipinski definition) is 2. The molecule has 1 N–H and O–H groups in total. The minimum Gasteiger partial charge on any atom is -0.481 e. The highest BCUT2D eigenvalue weighted by molar-refractivity contribution is 5.85. The molecule has 1 fully saturated rings. The monoisotopic (exact) mass is 301 g/mol. The SMILES string of the molecule is Cl.O=C(O)CCCN1CCC(Cc2ccc(F)cc2)C1. The number of carboxylic acid groups (broad SMARTS) is 1. The predicted octanol–water partition coefficient (Wildman–Crippen LogP) is 2.98. The van der Waals surface area contributed by atoms with Crippen LogP contribution in [0.25, 0.3) is 0 Å². The third-order valence-corrected chi connectivity index (χ3v) is 3.67. The van der Waals surface area contributed by atoms with E-state index in [0.717, 1.165) is 38.9 Å². The fraction of sp³-hybridized carbons (Fsp3) is 0.533. The minimum atomic E-state index is -0.720. The van der Waals surface area contributed by atoms with Gasteiger partial charge >= 0.3 is 5.97 Å². The Hall–Kier alpha value is -1.13. The van der Waals surface area contributed by atoms with Crippen LogP contribution in [-0.4, -0.2) is 35.6 Å². The fourth-order valence-electron chi connectivity index (χ4n) is 2.69. The smallest absolute Gasteiger partial charge is 0.303 e. The highest BCUT2D eigenvalue weighted by atomic mass is 35.5. The van der Waals surface area contributed by atoms with Gasteiger partial charge in [0.2, 0.25) is 0 Å². The standard InChI is InChI=1S/C15H20FNO2.ClH/c16-14-5-3-12(4-6-14)10-13-7-9-17(11-13)8-1-2-15(18)19;/h3-6,13H,1-2,7-11H2,(H,18,19);1H. The van der Waals surface area contributed by atoms with Gasteiger partial charge in [-0.25, -0.2) is 4.39 Å². The molecular formula is C15H21ClFNO2. The maximum absolute atomic E-state index is 12.8. The molecule has 1 atom stereocenters. The number of likely N-dealkylation sites (tertiary alicyclic amines) is 1. The van der Waals surface area contributed by atoms with E-state index in [1.165, 1.54) is 17.7 Å². The van der Waals surface area contributed by atoms with E-state index in [0.29, 0.717) is 5.92 Å². The Morgan fingerprint density at radius 3 is 2.70 bits per heavy atom. The van der Waals surface area contributed by atoms with Crippen LogP contribution in [0.4, 0.5) is 4.39 Å². The molecule has 1 aromatic rings. The summed E-state index contributed by atoms with van der Waals surface area (Å²) in [6.45, 7) is 2.94. The Morgan fingerprint density at radius 2 is 2.05 bits per heavy atom. The first-order chi connectivity index (χ1) is 9.13. The summed E-state index contributed by atoms with van der Waals surface area (Å²) in [5.41, 5.74) is 1.18. The third-order valence-electron chi connectivity index (χ3n) is 3.67. The number of benzene rings is 1. The van der Waals surface area contributed by atoms with E-state index >= 15 is 0 Å². The molecule has 0 radical (unpaired) electrons. The van der Waals surface area contributed by atoms with E-state index in [1.807, 2.05) is 12.1 Å². The maximum Gasteiger partial charge on any atom is 0.303 e. The summed E-state index contributed by atoms with van der Waals surface area (Å²) in [6.07, 6.45) is 3.10. The van der Waals surface area contributed by atoms with Crippen LogP contribution in [0.2, 0.25) is 0 Å². The van der Waals surface area contributed by atoms with Crippen molar-refractivity contribution in [1.29, 1.82) is 0 Å². The summed E-state index contributed by atoms with van der Waals surface area (Å²) in [5.74, 6) is -0.303. The van der Waals surface area contributed by atoms with Crippen molar-refractivity contribution in [3.63, 3.8) is 0 Å². The van der Waals surface area contributed by atoms with Gasteiger partial charge in [0.25, 0.3) is 0 Å². The number of rotatable bonds is 6. The lowest BCUT2D eigenvalue weighted by Crippen LogP contribution is -2.23. The third kappa shape index (κ3) is 5.47. The van der Waals surface area contributed by atoms with E-state index in [-0.39, 0.29) is 24.6 Å². The molecule has 20 heavy (non-hydrogen) atoms. The van der Waals surface area contributed by atoms with E-state index < -0.39 is 5.97 Å². The molecule has 112 valence electrons. The molecule has 1 unspecified atom stereocenters. The first kappa shape index (κ1) is 16.9. The lowest BCUT2D eigenvalue weighted by Gasteiger charge is -2.15. The maximum atomic E-state index is 12.8. The van der Waals surface area contributed by atoms with Crippen molar-refractivity contribution >= 4 is 18.4 Å². The molecule has 1 aliphatic rings. The van der Waals surface area contributed by atoms with Crippen LogP contribution in [0.15, 0.2) is 24.3 Å². The summed E-state index contributed by atoms with van der Waals surface area (Å²) in [7, 11) is 0. The van der Waals surface area contributed by atoms with E-state index in [4.69, 9.17) is 5.11 Å². The zero-order chi connectivity index (χ0) is 13.7. The summed E-state index contributed by atoms with van der Waals surface area (Å²) < 4.78 is 12.8. The molecule has 2 rings (SSSR count). The van der Waals surface area contributed by atoms with Crippen LogP contribution in [0, 0.1) is 11.7 Å². The van der Waals surface area contributed by atoms with Crippen LogP contribution in [-0.2, 0) is 11.2 Å². The molecule has 0 spiro atoms. The lowest BCUT2D eigenvalue weighted by atomic mass is 9.99. The molecule has 1 aliphatic heterocycles. The second-order valence-electron chi connectivity index (χ2n) is 5.28. The number of carboxylic acids is 1. The number of carbonyl (C=O) groups is 1. The summed E-state index contributed by atoms with van der Waals surface area (Å²) >= 11 is 0. The van der Waals surface area contributed by atoms with E-state index in [2.05, 4.69) is 4.90 Å². The topological polar surface area (TPSA) is 40.5 Å². The summed E-state index contributed by atoms with van der Waals surface area (Å²) in [4.78, 5) is 12.8. The van der Waals surface area contributed by atoms with Gasteiger partial charge in [-0.2, -0.15) is 0 Å². The second kappa shape index (κ2) is 8.22. The molecule has 0 aliphatic carbocycles. The number of aliphatic carboxylic acids is 1. The quantitative estimate of drug-likeness (QED) is 0.878. The van der Waals surface area contributed by atoms with Crippen LogP contribution in [0.3, 0.4) is 0 Å².